The third-order valence-electron chi connectivity index (χ3n) is 5.29. The quantitative estimate of drug-likeness (QED) is 0.0830. The van der Waals surface area contributed by atoms with Crippen LogP contribution < -0.4 is 0 Å². The Kier molecular flexibility index (Phi) is 9.61. The standard InChI is InChI=1S/C30H28O3S2/c31-29(25-13-5-1-6-14-25)30(26-15-7-2-8-16-26,32-21-23-34-27-17-9-3-10-18-27)33-22-24-35-28-19-11-4-12-20-28/h1-20H,21-24H2. The van der Waals surface area contributed by atoms with Gasteiger partial charge in [0.1, 0.15) is 0 Å². The minimum atomic E-state index is -1.52. The number of carbonyl (C=O) groups is 1. The number of hydrogen-bond acceptors (Lipinski definition) is 5. The molecule has 0 spiro atoms. The molecule has 35 heavy (non-hydrogen) atoms. The van der Waals surface area contributed by atoms with Gasteiger partial charge in [-0.25, -0.2) is 0 Å². The SMILES string of the molecule is O=C(c1ccccc1)C(OCCSc1ccccc1)(OCCSc1ccccc1)c1ccccc1. The zero-order valence-corrected chi connectivity index (χ0v) is 21.0. The van der Waals surface area contributed by atoms with E-state index in [2.05, 4.69) is 24.3 Å². The molecule has 0 aliphatic rings. The molecule has 178 valence electrons. The highest BCUT2D eigenvalue weighted by Crippen LogP contribution is 2.33. The van der Waals surface area contributed by atoms with Crippen molar-refractivity contribution in [1.29, 1.82) is 0 Å². The van der Waals surface area contributed by atoms with E-state index in [4.69, 9.17) is 9.47 Å². The molecule has 4 rings (SSSR count). The summed E-state index contributed by atoms with van der Waals surface area (Å²) in [5.41, 5.74) is 1.26. The lowest BCUT2D eigenvalue weighted by atomic mass is 9.95. The Morgan fingerprint density at radius 1 is 0.571 bits per heavy atom. The van der Waals surface area contributed by atoms with E-state index >= 15 is 0 Å². The molecule has 4 aromatic rings. The van der Waals surface area contributed by atoms with Crippen molar-refractivity contribution in [2.45, 2.75) is 15.6 Å². The molecule has 0 aliphatic carbocycles. The summed E-state index contributed by atoms with van der Waals surface area (Å²) < 4.78 is 12.8. The second-order valence-corrected chi connectivity index (χ2v) is 10.0. The molecule has 0 saturated carbocycles. The Balaban J connectivity index is 1.54. The van der Waals surface area contributed by atoms with Crippen molar-refractivity contribution in [2.75, 3.05) is 24.7 Å². The molecule has 0 heterocycles. The van der Waals surface area contributed by atoms with Crippen LogP contribution in [0.25, 0.3) is 0 Å². The highest BCUT2D eigenvalue weighted by molar-refractivity contribution is 7.99. The fraction of sp³-hybridized carbons (Fsp3) is 0.167. The fourth-order valence-electron chi connectivity index (χ4n) is 3.63. The monoisotopic (exact) mass is 500 g/mol. The summed E-state index contributed by atoms with van der Waals surface area (Å²) in [4.78, 5) is 16.3. The average Bonchev–Trinajstić information content (AvgIpc) is 2.94. The van der Waals surface area contributed by atoms with Crippen molar-refractivity contribution < 1.29 is 14.3 Å². The topological polar surface area (TPSA) is 35.5 Å². The van der Waals surface area contributed by atoms with Gasteiger partial charge in [-0.05, 0) is 24.3 Å². The second-order valence-electron chi connectivity index (χ2n) is 7.70. The number of rotatable bonds is 13. The van der Waals surface area contributed by atoms with Crippen LogP contribution in [0.1, 0.15) is 15.9 Å². The maximum Gasteiger partial charge on any atom is 0.261 e. The van der Waals surface area contributed by atoms with Crippen LogP contribution in [0.15, 0.2) is 131 Å². The molecule has 0 aromatic heterocycles. The van der Waals surface area contributed by atoms with Crippen molar-refractivity contribution in [3.63, 3.8) is 0 Å². The van der Waals surface area contributed by atoms with Gasteiger partial charge in [-0.3, -0.25) is 4.79 Å². The first-order valence-electron chi connectivity index (χ1n) is 11.6. The molecule has 3 nitrogen and oxygen atoms in total. The van der Waals surface area contributed by atoms with Crippen molar-refractivity contribution in [2.24, 2.45) is 0 Å². The number of ketones is 1. The summed E-state index contributed by atoms with van der Waals surface area (Å²) in [5.74, 6) is -0.318. The van der Waals surface area contributed by atoms with Crippen molar-refractivity contribution in [3.8, 4) is 0 Å². The van der Waals surface area contributed by atoms with E-state index in [-0.39, 0.29) is 5.78 Å². The summed E-state index contributed by atoms with van der Waals surface area (Å²) in [7, 11) is 0. The van der Waals surface area contributed by atoms with Crippen LogP contribution in [0.5, 0.6) is 0 Å². The zero-order chi connectivity index (χ0) is 24.2. The van der Waals surface area contributed by atoms with Gasteiger partial charge in [0.25, 0.3) is 5.79 Å². The molecule has 0 unspecified atom stereocenters. The number of hydrogen-bond donors (Lipinski definition) is 0. The van der Waals surface area contributed by atoms with E-state index in [9.17, 15) is 4.79 Å². The van der Waals surface area contributed by atoms with E-state index < -0.39 is 5.79 Å². The highest BCUT2D eigenvalue weighted by atomic mass is 32.2. The molecule has 0 amide bonds. The summed E-state index contributed by atoms with van der Waals surface area (Å²) in [6.45, 7) is 0.720. The number of thioether (sulfide) groups is 2. The molecular formula is C30H28O3S2. The van der Waals surface area contributed by atoms with Gasteiger partial charge in [-0.1, -0.05) is 97.1 Å². The molecule has 0 aliphatic heterocycles. The number of benzene rings is 4. The molecule has 5 heteroatoms. The summed E-state index contributed by atoms with van der Waals surface area (Å²) in [6, 6.07) is 39.1. The van der Waals surface area contributed by atoms with Crippen molar-refractivity contribution in [3.05, 3.63) is 132 Å². The molecule has 0 saturated heterocycles. The van der Waals surface area contributed by atoms with Crippen LogP contribution in [0.4, 0.5) is 0 Å². The number of carbonyl (C=O) groups excluding carboxylic acids is 1. The van der Waals surface area contributed by atoms with Gasteiger partial charge >= 0.3 is 0 Å². The zero-order valence-electron chi connectivity index (χ0n) is 19.4. The van der Waals surface area contributed by atoms with Crippen LogP contribution in [-0.4, -0.2) is 30.5 Å². The first kappa shape index (κ1) is 25.3. The lowest BCUT2D eigenvalue weighted by Crippen LogP contribution is -2.43. The number of ether oxygens (including phenoxy) is 2. The maximum absolute atomic E-state index is 13.9. The van der Waals surface area contributed by atoms with Gasteiger partial charge in [0.05, 0.1) is 13.2 Å². The van der Waals surface area contributed by atoms with Gasteiger partial charge < -0.3 is 9.47 Å². The van der Waals surface area contributed by atoms with Gasteiger partial charge in [0.15, 0.2) is 0 Å². The third-order valence-corrected chi connectivity index (χ3v) is 7.24. The molecule has 0 atom stereocenters. The minimum absolute atomic E-state index is 0.196. The van der Waals surface area contributed by atoms with Crippen LogP contribution in [0, 0.1) is 0 Å². The Morgan fingerprint density at radius 3 is 1.43 bits per heavy atom. The molecule has 0 N–H and O–H groups in total. The number of Topliss-reactive ketones (excluding diaryl/α,β-unsaturated/α-hetero) is 1. The molecule has 4 aromatic carbocycles. The molecule has 0 bridgehead atoms. The maximum atomic E-state index is 13.9. The highest BCUT2D eigenvalue weighted by Gasteiger charge is 2.43. The molecule has 0 radical (unpaired) electrons. The van der Waals surface area contributed by atoms with Crippen LogP contribution in [0.2, 0.25) is 0 Å². The van der Waals surface area contributed by atoms with Gasteiger partial charge in [0.2, 0.25) is 5.78 Å². The lowest BCUT2D eigenvalue weighted by molar-refractivity contribution is -0.203. The molecule has 0 fully saturated rings. The largest absolute Gasteiger partial charge is 0.339 e. The summed E-state index contributed by atoms with van der Waals surface area (Å²) in [6.07, 6.45) is 0. The third kappa shape index (κ3) is 7.09. The van der Waals surface area contributed by atoms with Crippen molar-refractivity contribution in [1.82, 2.24) is 0 Å². The first-order chi connectivity index (χ1) is 17.3. The van der Waals surface area contributed by atoms with Crippen LogP contribution in [0.3, 0.4) is 0 Å². The minimum Gasteiger partial charge on any atom is -0.339 e. The lowest BCUT2D eigenvalue weighted by Gasteiger charge is -2.33. The first-order valence-corrected chi connectivity index (χ1v) is 13.5. The van der Waals surface area contributed by atoms with Crippen molar-refractivity contribution >= 4 is 29.3 Å². The normalized spacial score (nSPS) is 11.3. The average molecular weight is 501 g/mol. The van der Waals surface area contributed by atoms with E-state index in [0.29, 0.717) is 35.8 Å². The van der Waals surface area contributed by atoms with Crippen LogP contribution in [-0.2, 0) is 15.3 Å². The van der Waals surface area contributed by atoms with E-state index in [1.54, 1.807) is 23.5 Å². The van der Waals surface area contributed by atoms with Crippen LogP contribution >= 0.6 is 23.5 Å². The Morgan fingerprint density at radius 2 is 0.971 bits per heavy atom. The second kappa shape index (κ2) is 13.3. The summed E-state index contributed by atoms with van der Waals surface area (Å²) in [5, 5.41) is 0. The predicted octanol–water partition coefficient (Wildman–Crippen LogP) is 7.34. The predicted molar refractivity (Wildman–Crippen MR) is 145 cm³/mol. The van der Waals surface area contributed by atoms with Gasteiger partial charge in [0, 0.05) is 32.4 Å². The fourth-order valence-corrected chi connectivity index (χ4v) is 5.13. The Labute approximate surface area is 215 Å². The van der Waals surface area contributed by atoms with Gasteiger partial charge in [-0.15, -0.1) is 23.5 Å². The van der Waals surface area contributed by atoms with Gasteiger partial charge in [-0.2, -0.15) is 0 Å². The molecular weight excluding hydrogens is 472 g/mol. The smallest absolute Gasteiger partial charge is 0.261 e. The van der Waals surface area contributed by atoms with E-state index in [1.807, 2.05) is 97.1 Å². The van der Waals surface area contributed by atoms with E-state index in [1.165, 1.54) is 0 Å². The van der Waals surface area contributed by atoms with E-state index in [0.717, 1.165) is 9.79 Å². The Bertz CT molecular complexity index is 1110. The summed E-state index contributed by atoms with van der Waals surface area (Å²) >= 11 is 3.39. The Hall–Kier alpha value is -2.83.